The van der Waals surface area contributed by atoms with Crippen molar-refractivity contribution in [3.05, 3.63) is 83.3 Å². The fraction of sp³-hybridized carbons (Fsp3) is 0.182. The van der Waals surface area contributed by atoms with Crippen LogP contribution in [0.15, 0.2) is 60.8 Å². The van der Waals surface area contributed by atoms with Crippen LogP contribution in [0.5, 0.6) is 0 Å². The molecule has 28 heavy (non-hydrogen) atoms. The largest absolute Gasteiger partial charge is 0.340 e. The number of nitrogens with zero attached hydrogens (tertiary/aromatic N) is 3. The fourth-order valence-corrected chi connectivity index (χ4v) is 3.30. The van der Waals surface area contributed by atoms with Gasteiger partial charge in [-0.3, -0.25) is 14.5 Å². The van der Waals surface area contributed by atoms with Crippen LogP contribution in [0.2, 0.25) is 0 Å². The first kappa shape index (κ1) is 17.9. The maximum Gasteiger partial charge on any atom is 0.261 e. The Bertz CT molecular complexity index is 1010. The van der Waals surface area contributed by atoms with Crippen LogP contribution in [0.3, 0.4) is 0 Å². The van der Waals surface area contributed by atoms with Crippen LogP contribution in [0.1, 0.15) is 38.5 Å². The highest BCUT2D eigenvalue weighted by molar-refractivity contribution is 6.21. The molecule has 1 aliphatic heterocycles. The minimum Gasteiger partial charge on any atom is -0.340 e. The molecule has 0 unspecified atom stereocenters. The van der Waals surface area contributed by atoms with Crippen molar-refractivity contribution in [2.24, 2.45) is 0 Å². The van der Waals surface area contributed by atoms with Crippen molar-refractivity contribution < 1.29 is 9.59 Å². The topological polar surface area (TPSA) is 75.2 Å². The van der Waals surface area contributed by atoms with Crippen molar-refractivity contribution in [2.45, 2.75) is 19.8 Å². The van der Waals surface area contributed by atoms with Gasteiger partial charge >= 0.3 is 0 Å². The van der Waals surface area contributed by atoms with Gasteiger partial charge in [-0.05, 0) is 49.2 Å². The van der Waals surface area contributed by atoms with E-state index in [0.717, 1.165) is 11.5 Å². The van der Waals surface area contributed by atoms with Crippen LogP contribution in [-0.2, 0) is 6.42 Å². The first-order valence-corrected chi connectivity index (χ1v) is 9.22. The standard InChI is InChI=1S/C22H20N4O2/c1-15-6-4-7-16(14-15)24-20-11-12-23-19(25-20)10-5-13-26-21(27)17-8-2-3-9-18(17)22(26)28/h2-4,6-9,11-12,14H,5,10,13H2,1H3,(H,23,24,25). The van der Waals surface area contributed by atoms with E-state index in [1.807, 2.05) is 37.3 Å². The number of rotatable bonds is 6. The Morgan fingerprint density at radius 2 is 1.71 bits per heavy atom. The van der Waals surface area contributed by atoms with Crippen molar-refractivity contribution in [1.82, 2.24) is 14.9 Å². The zero-order chi connectivity index (χ0) is 19.5. The highest BCUT2D eigenvalue weighted by Gasteiger charge is 2.34. The lowest BCUT2D eigenvalue weighted by Gasteiger charge is -2.13. The van der Waals surface area contributed by atoms with Gasteiger partial charge in [-0.2, -0.15) is 0 Å². The Hall–Kier alpha value is -3.54. The summed E-state index contributed by atoms with van der Waals surface area (Å²) in [5.41, 5.74) is 3.09. The third-order valence-corrected chi connectivity index (χ3v) is 4.66. The molecule has 6 nitrogen and oxygen atoms in total. The Labute approximate surface area is 163 Å². The minimum absolute atomic E-state index is 0.226. The molecule has 1 N–H and O–H groups in total. The summed E-state index contributed by atoms with van der Waals surface area (Å²) >= 11 is 0. The van der Waals surface area contributed by atoms with Gasteiger partial charge in [0.05, 0.1) is 11.1 Å². The molecule has 0 atom stereocenters. The number of imide groups is 1. The van der Waals surface area contributed by atoms with Crippen molar-refractivity contribution in [1.29, 1.82) is 0 Å². The van der Waals surface area contributed by atoms with Gasteiger partial charge in [0.15, 0.2) is 0 Å². The second kappa shape index (κ2) is 7.60. The molecular formula is C22H20N4O2. The molecule has 140 valence electrons. The summed E-state index contributed by atoms with van der Waals surface area (Å²) in [6, 6.07) is 16.8. The van der Waals surface area contributed by atoms with E-state index in [0.29, 0.717) is 36.3 Å². The van der Waals surface area contributed by atoms with Gasteiger partial charge in [0.1, 0.15) is 11.6 Å². The van der Waals surface area contributed by atoms with Gasteiger partial charge in [-0.1, -0.05) is 24.3 Å². The zero-order valence-corrected chi connectivity index (χ0v) is 15.6. The first-order chi connectivity index (χ1) is 13.6. The summed E-state index contributed by atoms with van der Waals surface area (Å²) in [6.07, 6.45) is 2.90. The second-order valence-electron chi connectivity index (χ2n) is 6.76. The van der Waals surface area contributed by atoms with Crippen molar-refractivity contribution >= 4 is 23.3 Å². The van der Waals surface area contributed by atoms with Gasteiger partial charge in [-0.25, -0.2) is 9.97 Å². The number of fused-ring (bicyclic) bond motifs is 1. The second-order valence-corrected chi connectivity index (χ2v) is 6.76. The maximum atomic E-state index is 12.4. The average molecular weight is 372 g/mol. The quantitative estimate of drug-likeness (QED) is 0.667. The molecule has 2 aromatic carbocycles. The minimum atomic E-state index is -0.226. The monoisotopic (exact) mass is 372 g/mol. The van der Waals surface area contributed by atoms with E-state index in [9.17, 15) is 9.59 Å². The predicted octanol–water partition coefficient (Wildman–Crippen LogP) is 3.76. The number of aromatic nitrogens is 2. The molecule has 1 aliphatic rings. The molecule has 0 bridgehead atoms. The summed E-state index contributed by atoms with van der Waals surface area (Å²) in [5.74, 6) is 0.943. The molecular weight excluding hydrogens is 352 g/mol. The molecule has 4 rings (SSSR count). The zero-order valence-electron chi connectivity index (χ0n) is 15.6. The van der Waals surface area contributed by atoms with Gasteiger partial charge in [0, 0.05) is 24.8 Å². The third-order valence-electron chi connectivity index (χ3n) is 4.66. The lowest BCUT2D eigenvalue weighted by molar-refractivity contribution is 0.0652. The lowest BCUT2D eigenvalue weighted by Crippen LogP contribution is -2.31. The van der Waals surface area contributed by atoms with E-state index >= 15 is 0 Å². The van der Waals surface area contributed by atoms with Crippen molar-refractivity contribution in [2.75, 3.05) is 11.9 Å². The molecule has 2 heterocycles. The van der Waals surface area contributed by atoms with E-state index in [-0.39, 0.29) is 11.8 Å². The molecule has 0 aliphatic carbocycles. The van der Waals surface area contributed by atoms with E-state index in [2.05, 4.69) is 15.3 Å². The molecule has 0 spiro atoms. The fourth-order valence-electron chi connectivity index (χ4n) is 3.30. The van der Waals surface area contributed by atoms with Crippen LogP contribution < -0.4 is 5.32 Å². The Morgan fingerprint density at radius 1 is 0.964 bits per heavy atom. The molecule has 2 amide bonds. The number of hydrogen-bond donors (Lipinski definition) is 1. The smallest absolute Gasteiger partial charge is 0.261 e. The van der Waals surface area contributed by atoms with Crippen molar-refractivity contribution in [3.63, 3.8) is 0 Å². The first-order valence-electron chi connectivity index (χ1n) is 9.22. The maximum absolute atomic E-state index is 12.4. The molecule has 0 radical (unpaired) electrons. The van der Waals surface area contributed by atoms with Gasteiger partial charge in [0.25, 0.3) is 11.8 Å². The van der Waals surface area contributed by atoms with E-state index in [1.54, 1.807) is 30.5 Å². The van der Waals surface area contributed by atoms with E-state index in [4.69, 9.17) is 0 Å². The Morgan fingerprint density at radius 3 is 2.43 bits per heavy atom. The molecule has 0 fully saturated rings. The average Bonchev–Trinajstić information content (AvgIpc) is 2.94. The Kier molecular flexibility index (Phi) is 4.85. The van der Waals surface area contributed by atoms with Crippen LogP contribution in [0.4, 0.5) is 11.5 Å². The number of hydrogen-bond acceptors (Lipinski definition) is 5. The highest BCUT2D eigenvalue weighted by Crippen LogP contribution is 2.22. The molecule has 3 aromatic rings. The third kappa shape index (κ3) is 3.62. The normalized spacial score (nSPS) is 13.0. The number of carbonyl (C=O) groups is 2. The number of nitrogens with one attached hydrogen (secondary N) is 1. The molecule has 6 heteroatoms. The summed E-state index contributed by atoms with van der Waals surface area (Å²) in [4.78, 5) is 34.9. The van der Waals surface area contributed by atoms with Crippen LogP contribution in [0, 0.1) is 6.92 Å². The number of aryl methyl sites for hydroxylation is 2. The number of carbonyl (C=O) groups excluding carboxylic acids is 2. The van der Waals surface area contributed by atoms with Crippen LogP contribution >= 0.6 is 0 Å². The summed E-state index contributed by atoms with van der Waals surface area (Å²) in [6.45, 7) is 2.39. The van der Waals surface area contributed by atoms with E-state index in [1.165, 1.54) is 10.5 Å². The number of amides is 2. The number of anilines is 2. The van der Waals surface area contributed by atoms with E-state index < -0.39 is 0 Å². The van der Waals surface area contributed by atoms with Crippen LogP contribution in [0.25, 0.3) is 0 Å². The van der Waals surface area contributed by atoms with Gasteiger partial charge in [-0.15, -0.1) is 0 Å². The SMILES string of the molecule is Cc1cccc(Nc2ccnc(CCCN3C(=O)c4ccccc4C3=O)n2)c1. The summed E-state index contributed by atoms with van der Waals surface area (Å²) < 4.78 is 0. The highest BCUT2D eigenvalue weighted by atomic mass is 16.2. The van der Waals surface area contributed by atoms with Gasteiger partial charge in [0.2, 0.25) is 0 Å². The van der Waals surface area contributed by atoms with Crippen molar-refractivity contribution in [3.8, 4) is 0 Å². The molecule has 1 aromatic heterocycles. The Balaban J connectivity index is 1.37. The lowest BCUT2D eigenvalue weighted by atomic mass is 10.1. The summed E-state index contributed by atoms with van der Waals surface area (Å²) in [5, 5.41) is 3.27. The van der Waals surface area contributed by atoms with Gasteiger partial charge < -0.3 is 5.32 Å². The number of benzene rings is 2. The predicted molar refractivity (Wildman–Crippen MR) is 107 cm³/mol. The van der Waals surface area contributed by atoms with Crippen LogP contribution in [-0.4, -0.2) is 33.2 Å². The molecule has 0 saturated heterocycles. The summed E-state index contributed by atoms with van der Waals surface area (Å²) in [7, 11) is 0. The molecule has 0 saturated carbocycles.